The van der Waals surface area contributed by atoms with E-state index in [1.54, 1.807) is 11.3 Å². The van der Waals surface area contributed by atoms with Crippen LogP contribution in [0.15, 0.2) is 6.07 Å². The zero-order chi connectivity index (χ0) is 13.1. The van der Waals surface area contributed by atoms with Crippen molar-refractivity contribution < 1.29 is 4.79 Å². The monoisotopic (exact) mass is 302 g/mol. The topological polar surface area (TPSA) is 55.1 Å². The summed E-state index contributed by atoms with van der Waals surface area (Å²) < 4.78 is 0. The Hall–Kier alpha value is -0.580. The third-order valence-corrected chi connectivity index (χ3v) is 5.22. The smallest absolute Gasteiger partial charge is 0.261 e. The predicted molar refractivity (Wildman–Crippen MR) is 83.3 cm³/mol. The van der Waals surface area contributed by atoms with E-state index in [4.69, 9.17) is 5.73 Å². The summed E-state index contributed by atoms with van der Waals surface area (Å²) in [5.41, 5.74) is 6.97. The average molecular weight is 303 g/mol. The Kier molecular flexibility index (Phi) is 6.30. The van der Waals surface area contributed by atoms with Gasteiger partial charge in [0, 0.05) is 10.9 Å². The van der Waals surface area contributed by atoms with Crippen LogP contribution in [0.1, 0.15) is 46.3 Å². The number of amides is 1. The van der Waals surface area contributed by atoms with Crippen molar-refractivity contribution in [1.29, 1.82) is 0 Å². The first-order valence-electron chi connectivity index (χ1n) is 6.76. The Bertz CT molecular complexity index is 433. The van der Waals surface area contributed by atoms with Gasteiger partial charge in [0.1, 0.15) is 0 Å². The lowest BCUT2D eigenvalue weighted by Crippen LogP contribution is -2.39. The number of carbonyl (C=O) groups is 1. The van der Waals surface area contributed by atoms with Crippen LogP contribution in [0.2, 0.25) is 0 Å². The largest absolute Gasteiger partial charge is 0.348 e. The number of thiophene rings is 1. The van der Waals surface area contributed by atoms with Gasteiger partial charge in [-0.1, -0.05) is 13.3 Å². The number of halogens is 1. The maximum absolute atomic E-state index is 12.2. The molecule has 0 aliphatic heterocycles. The molecule has 0 radical (unpaired) electrons. The van der Waals surface area contributed by atoms with E-state index in [1.807, 2.05) is 6.07 Å². The molecule has 3 nitrogen and oxygen atoms in total. The molecule has 19 heavy (non-hydrogen) atoms. The van der Waals surface area contributed by atoms with Gasteiger partial charge in [0.05, 0.1) is 4.88 Å². The van der Waals surface area contributed by atoms with Gasteiger partial charge in [-0.15, -0.1) is 23.7 Å². The first-order chi connectivity index (χ1) is 8.65. The molecule has 5 heteroatoms. The highest BCUT2D eigenvalue weighted by Gasteiger charge is 2.28. The maximum Gasteiger partial charge on any atom is 0.261 e. The van der Waals surface area contributed by atoms with Gasteiger partial charge >= 0.3 is 0 Å². The van der Waals surface area contributed by atoms with Crippen molar-refractivity contribution in [2.45, 2.75) is 45.6 Å². The number of hydrogen-bond donors (Lipinski definition) is 2. The van der Waals surface area contributed by atoms with Crippen molar-refractivity contribution in [1.82, 2.24) is 5.32 Å². The highest BCUT2D eigenvalue weighted by atomic mass is 35.5. The Morgan fingerprint density at radius 3 is 2.84 bits per heavy atom. The van der Waals surface area contributed by atoms with Crippen LogP contribution < -0.4 is 11.1 Å². The second kappa shape index (κ2) is 7.27. The highest BCUT2D eigenvalue weighted by molar-refractivity contribution is 7.14. The highest BCUT2D eigenvalue weighted by Crippen LogP contribution is 2.26. The van der Waals surface area contributed by atoms with Crippen molar-refractivity contribution in [3.63, 3.8) is 0 Å². The van der Waals surface area contributed by atoms with Crippen molar-refractivity contribution >= 4 is 29.7 Å². The summed E-state index contributed by atoms with van der Waals surface area (Å²) in [6.45, 7) is 4.88. The van der Waals surface area contributed by atoms with E-state index in [-0.39, 0.29) is 24.4 Å². The minimum absolute atomic E-state index is 0. The van der Waals surface area contributed by atoms with Crippen LogP contribution in [-0.4, -0.2) is 18.5 Å². The number of aryl methyl sites for hydroxylation is 2. The van der Waals surface area contributed by atoms with Gasteiger partial charge in [-0.3, -0.25) is 4.79 Å². The van der Waals surface area contributed by atoms with Crippen LogP contribution in [0.5, 0.6) is 0 Å². The fraction of sp³-hybridized carbons (Fsp3) is 0.643. The lowest BCUT2D eigenvalue weighted by molar-refractivity contribution is 0.0933. The fourth-order valence-corrected chi connectivity index (χ4v) is 3.75. The lowest BCUT2D eigenvalue weighted by Gasteiger charge is -2.18. The van der Waals surface area contributed by atoms with Crippen molar-refractivity contribution in [3.8, 4) is 0 Å². The molecule has 1 fully saturated rings. The zero-order valence-electron chi connectivity index (χ0n) is 11.6. The van der Waals surface area contributed by atoms with Crippen molar-refractivity contribution in [2.75, 3.05) is 6.54 Å². The molecule has 1 heterocycles. The minimum atomic E-state index is 0. The summed E-state index contributed by atoms with van der Waals surface area (Å²) in [6.07, 6.45) is 4.39. The number of rotatable bonds is 4. The SMILES string of the molecule is CCc1sc(C(=O)NC2CCCC2CN)cc1C.Cl. The second-order valence-electron chi connectivity index (χ2n) is 5.08. The van der Waals surface area contributed by atoms with Crippen LogP contribution in [0.25, 0.3) is 0 Å². The molecule has 0 spiro atoms. The van der Waals surface area contributed by atoms with Gasteiger partial charge in [-0.2, -0.15) is 0 Å². The molecular weight excluding hydrogens is 280 g/mol. The van der Waals surface area contributed by atoms with E-state index < -0.39 is 0 Å². The molecule has 2 atom stereocenters. The van der Waals surface area contributed by atoms with E-state index in [0.717, 1.165) is 24.1 Å². The first-order valence-corrected chi connectivity index (χ1v) is 7.57. The predicted octanol–water partition coefficient (Wildman–Crippen LogP) is 2.90. The third-order valence-electron chi connectivity index (χ3n) is 3.84. The Morgan fingerprint density at radius 2 is 2.26 bits per heavy atom. The molecule has 1 aromatic rings. The summed E-state index contributed by atoms with van der Waals surface area (Å²) in [5, 5.41) is 3.15. The average Bonchev–Trinajstić information content (AvgIpc) is 2.95. The van der Waals surface area contributed by atoms with Gasteiger partial charge in [0.15, 0.2) is 0 Å². The van der Waals surface area contributed by atoms with E-state index in [0.29, 0.717) is 12.5 Å². The van der Waals surface area contributed by atoms with Crippen LogP contribution in [-0.2, 0) is 6.42 Å². The Balaban J connectivity index is 0.00000180. The quantitative estimate of drug-likeness (QED) is 0.898. The summed E-state index contributed by atoms with van der Waals surface area (Å²) >= 11 is 1.62. The van der Waals surface area contributed by atoms with E-state index in [2.05, 4.69) is 19.2 Å². The van der Waals surface area contributed by atoms with E-state index in [1.165, 1.54) is 16.9 Å². The van der Waals surface area contributed by atoms with Gasteiger partial charge in [-0.25, -0.2) is 0 Å². The fourth-order valence-electron chi connectivity index (χ4n) is 2.73. The molecular formula is C14H23ClN2OS. The number of carbonyl (C=O) groups excluding carboxylic acids is 1. The molecule has 1 aromatic heterocycles. The summed E-state index contributed by atoms with van der Waals surface area (Å²) in [4.78, 5) is 14.3. The molecule has 3 N–H and O–H groups in total. The molecule has 2 rings (SSSR count). The molecule has 1 aliphatic rings. The standard InChI is InChI=1S/C14H22N2OS.ClH/c1-3-12-9(2)7-13(18-12)14(17)16-11-6-4-5-10(11)8-15;/h7,10-11H,3-6,8,15H2,1-2H3,(H,16,17);1H. The maximum atomic E-state index is 12.2. The van der Waals surface area contributed by atoms with Crippen LogP contribution in [0, 0.1) is 12.8 Å². The minimum Gasteiger partial charge on any atom is -0.348 e. The summed E-state index contributed by atoms with van der Waals surface area (Å²) in [5.74, 6) is 0.536. The molecule has 2 unspecified atom stereocenters. The zero-order valence-corrected chi connectivity index (χ0v) is 13.2. The number of nitrogens with two attached hydrogens (primary N) is 1. The van der Waals surface area contributed by atoms with Crippen LogP contribution >= 0.6 is 23.7 Å². The normalized spacial score (nSPS) is 22.1. The Morgan fingerprint density at radius 1 is 1.53 bits per heavy atom. The number of nitrogens with one attached hydrogen (secondary N) is 1. The third kappa shape index (κ3) is 3.71. The second-order valence-corrected chi connectivity index (χ2v) is 6.21. The van der Waals surface area contributed by atoms with Crippen molar-refractivity contribution in [2.24, 2.45) is 11.7 Å². The lowest BCUT2D eigenvalue weighted by atomic mass is 10.0. The summed E-state index contributed by atoms with van der Waals surface area (Å²) in [6, 6.07) is 2.28. The number of hydrogen-bond acceptors (Lipinski definition) is 3. The molecule has 1 saturated carbocycles. The molecule has 108 valence electrons. The summed E-state index contributed by atoms with van der Waals surface area (Å²) in [7, 11) is 0. The molecule has 0 saturated heterocycles. The molecule has 1 amide bonds. The van der Waals surface area contributed by atoms with Gasteiger partial charge in [-0.05, 0) is 50.3 Å². The molecule has 0 bridgehead atoms. The van der Waals surface area contributed by atoms with Gasteiger partial charge in [0.2, 0.25) is 0 Å². The van der Waals surface area contributed by atoms with Crippen molar-refractivity contribution in [3.05, 3.63) is 21.4 Å². The van der Waals surface area contributed by atoms with Gasteiger partial charge in [0.25, 0.3) is 5.91 Å². The van der Waals surface area contributed by atoms with Gasteiger partial charge < -0.3 is 11.1 Å². The van der Waals surface area contributed by atoms with E-state index in [9.17, 15) is 4.79 Å². The molecule has 1 aliphatic carbocycles. The van der Waals surface area contributed by atoms with Crippen LogP contribution in [0.4, 0.5) is 0 Å². The van der Waals surface area contributed by atoms with Crippen LogP contribution in [0.3, 0.4) is 0 Å². The van der Waals surface area contributed by atoms with E-state index >= 15 is 0 Å². The molecule has 0 aromatic carbocycles. The Labute approximate surface area is 125 Å². The first kappa shape index (κ1) is 16.5.